The normalized spacial score (nSPS) is 18.2. The maximum absolute atomic E-state index is 11.8. The second-order valence-electron chi connectivity index (χ2n) is 3.61. The van der Waals surface area contributed by atoms with Crippen molar-refractivity contribution >= 4 is 11.8 Å². The highest BCUT2D eigenvalue weighted by molar-refractivity contribution is 6.20. The summed E-state index contributed by atoms with van der Waals surface area (Å²) in [6, 6.07) is -0.0762. The zero-order chi connectivity index (χ0) is 10.9. The van der Waals surface area contributed by atoms with Crippen LogP contribution in [0.2, 0.25) is 0 Å². The molecule has 0 atom stereocenters. The highest BCUT2D eigenvalue weighted by atomic mass is 16.2. The van der Waals surface area contributed by atoms with E-state index >= 15 is 0 Å². The van der Waals surface area contributed by atoms with E-state index in [4.69, 9.17) is 0 Å². The Bertz CT molecular complexity index is 337. The van der Waals surface area contributed by atoms with Crippen molar-refractivity contribution in [1.29, 1.82) is 0 Å². The maximum Gasteiger partial charge on any atom is 0.261 e. The van der Waals surface area contributed by atoms with Gasteiger partial charge in [-0.1, -0.05) is 12.2 Å². The van der Waals surface area contributed by atoms with E-state index in [1.807, 2.05) is 20.8 Å². The van der Waals surface area contributed by atoms with Gasteiger partial charge in [0, 0.05) is 17.2 Å². The number of amides is 2. The lowest BCUT2D eigenvalue weighted by molar-refractivity contribution is -0.139. The number of rotatable bonds is 2. The van der Waals surface area contributed by atoms with Crippen LogP contribution in [0, 0.1) is 0 Å². The van der Waals surface area contributed by atoms with Crippen molar-refractivity contribution in [3.63, 3.8) is 0 Å². The third-order valence-corrected chi connectivity index (χ3v) is 2.24. The summed E-state index contributed by atoms with van der Waals surface area (Å²) in [7, 11) is 0. The third kappa shape index (κ3) is 1.50. The van der Waals surface area contributed by atoms with Gasteiger partial charge in [0.15, 0.2) is 0 Å². The summed E-state index contributed by atoms with van der Waals surface area (Å²) in [5.41, 5.74) is 1.06. The summed E-state index contributed by atoms with van der Waals surface area (Å²) >= 11 is 0. The Morgan fingerprint density at radius 3 is 2.14 bits per heavy atom. The first-order chi connectivity index (χ1) is 6.50. The van der Waals surface area contributed by atoms with Crippen molar-refractivity contribution in [3.05, 3.63) is 23.3 Å². The average molecular weight is 193 g/mol. The number of hydrogen-bond donors (Lipinski definition) is 0. The van der Waals surface area contributed by atoms with Crippen LogP contribution < -0.4 is 0 Å². The lowest BCUT2D eigenvalue weighted by Gasteiger charge is -2.18. The molecule has 0 N–H and O–H groups in total. The number of carbonyl (C=O) groups excluding carboxylic acids is 2. The summed E-state index contributed by atoms with van der Waals surface area (Å²) in [6.07, 6.45) is 3.46. The van der Waals surface area contributed by atoms with Crippen molar-refractivity contribution in [3.8, 4) is 0 Å². The van der Waals surface area contributed by atoms with Gasteiger partial charge >= 0.3 is 0 Å². The molecule has 76 valence electrons. The van der Waals surface area contributed by atoms with E-state index in [1.165, 1.54) is 4.90 Å². The monoisotopic (exact) mass is 193 g/mol. The molecule has 0 bridgehead atoms. The highest BCUT2D eigenvalue weighted by Crippen LogP contribution is 2.23. The van der Waals surface area contributed by atoms with Crippen molar-refractivity contribution in [1.82, 2.24) is 4.90 Å². The fraction of sp³-hybridized carbons (Fsp3) is 0.455. The van der Waals surface area contributed by atoms with Crippen LogP contribution in [0.1, 0.15) is 27.7 Å². The van der Waals surface area contributed by atoms with Gasteiger partial charge in [-0.25, -0.2) is 0 Å². The Balaban J connectivity index is 3.11. The zero-order valence-electron chi connectivity index (χ0n) is 9.00. The van der Waals surface area contributed by atoms with Crippen molar-refractivity contribution in [2.75, 3.05) is 0 Å². The first-order valence-electron chi connectivity index (χ1n) is 4.72. The average Bonchev–Trinajstić information content (AvgIpc) is 2.30. The lowest BCUT2D eigenvalue weighted by Crippen LogP contribution is -2.37. The van der Waals surface area contributed by atoms with Gasteiger partial charge in [0.2, 0.25) is 0 Å². The fourth-order valence-corrected chi connectivity index (χ4v) is 1.51. The van der Waals surface area contributed by atoms with Crippen molar-refractivity contribution in [2.24, 2.45) is 0 Å². The SMILES string of the molecule is C/C=C\C1=C(C)C(=O)N(C(C)C)C1=O. The molecule has 0 fully saturated rings. The van der Waals surface area contributed by atoms with Crippen molar-refractivity contribution in [2.45, 2.75) is 33.7 Å². The Hall–Kier alpha value is -1.38. The van der Waals surface area contributed by atoms with Gasteiger partial charge in [-0.3, -0.25) is 14.5 Å². The molecule has 0 spiro atoms. The smallest absolute Gasteiger partial charge is 0.261 e. The largest absolute Gasteiger partial charge is 0.272 e. The minimum atomic E-state index is -0.180. The molecule has 1 rings (SSSR count). The van der Waals surface area contributed by atoms with Crippen LogP contribution in [0.25, 0.3) is 0 Å². The second-order valence-corrected chi connectivity index (χ2v) is 3.61. The summed E-state index contributed by atoms with van der Waals surface area (Å²) < 4.78 is 0. The van der Waals surface area contributed by atoms with Crippen LogP contribution in [0.5, 0.6) is 0 Å². The molecule has 14 heavy (non-hydrogen) atoms. The fourth-order valence-electron chi connectivity index (χ4n) is 1.51. The topological polar surface area (TPSA) is 37.4 Å². The van der Waals surface area contributed by atoms with Gasteiger partial charge in [0.1, 0.15) is 0 Å². The van der Waals surface area contributed by atoms with Crippen LogP contribution in [0.3, 0.4) is 0 Å². The molecule has 0 unspecified atom stereocenters. The van der Waals surface area contributed by atoms with Gasteiger partial charge in [0.05, 0.1) is 0 Å². The molecule has 0 saturated heterocycles. The lowest BCUT2D eigenvalue weighted by atomic mass is 10.1. The molecule has 0 aromatic carbocycles. The summed E-state index contributed by atoms with van der Waals surface area (Å²) in [6.45, 7) is 7.19. The quantitative estimate of drug-likeness (QED) is 0.625. The molecule has 1 aliphatic heterocycles. The van der Waals surface area contributed by atoms with E-state index < -0.39 is 0 Å². The number of hydrogen-bond acceptors (Lipinski definition) is 2. The van der Waals surface area contributed by atoms with Crippen LogP contribution in [-0.4, -0.2) is 22.8 Å². The molecule has 3 nitrogen and oxygen atoms in total. The van der Waals surface area contributed by atoms with Gasteiger partial charge in [-0.15, -0.1) is 0 Å². The molecule has 0 aromatic heterocycles. The van der Waals surface area contributed by atoms with Crippen LogP contribution in [0.4, 0.5) is 0 Å². The van der Waals surface area contributed by atoms with E-state index in [1.54, 1.807) is 19.1 Å². The Kier molecular flexibility index (Phi) is 2.89. The van der Waals surface area contributed by atoms with E-state index in [0.29, 0.717) is 11.1 Å². The van der Waals surface area contributed by atoms with Gasteiger partial charge in [-0.05, 0) is 27.7 Å². The Labute approximate surface area is 84.1 Å². The molecule has 1 heterocycles. The summed E-state index contributed by atoms with van der Waals surface area (Å²) in [5.74, 6) is -0.348. The third-order valence-electron chi connectivity index (χ3n) is 2.24. The highest BCUT2D eigenvalue weighted by Gasteiger charge is 2.35. The van der Waals surface area contributed by atoms with Crippen molar-refractivity contribution < 1.29 is 9.59 Å². The van der Waals surface area contributed by atoms with Crippen LogP contribution in [-0.2, 0) is 9.59 Å². The van der Waals surface area contributed by atoms with E-state index in [9.17, 15) is 9.59 Å². The molecular formula is C11H15NO2. The minimum absolute atomic E-state index is 0.0762. The number of allylic oxidation sites excluding steroid dienone is 1. The van der Waals surface area contributed by atoms with Gasteiger partial charge < -0.3 is 0 Å². The standard InChI is InChI=1S/C11H15NO2/c1-5-6-9-8(4)10(13)12(7(2)3)11(9)14/h5-7H,1-4H3/b6-5-. The predicted octanol–water partition coefficient (Wildman–Crippen LogP) is 1.66. The van der Waals surface area contributed by atoms with Gasteiger partial charge in [-0.2, -0.15) is 0 Å². The molecule has 1 aliphatic rings. The summed E-state index contributed by atoms with van der Waals surface area (Å²) in [4.78, 5) is 24.7. The Morgan fingerprint density at radius 2 is 1.79 bits per heavy atom. The van der Waals surface area contributed by atoms with Crippen LogP contribution in [0.15, 0.2) is 23.3 Å². The first-order valence-corrected chi connectivity index (χ1v) is 4.72. The predicted molar refractivity (Wildman–Crippen MR) is 54.5 cm³/mol. The molecule has 0 radical (unpaired) electrons. The number of imide groups is 1. The molecule has 0 aliphatic carbocycles. The van der Waals surface area contributed by atoms with E-state index in [2.05, 4.69) is 0 Å². The van der Waals surface area contributed by atoms with E-state index in [-0.39, 0.29) is 17.9 Å². The molecule has 3 heteroatoms. The Morgan fingerprint density at radius 1 is 1.21 bits per heavy atom. The van der Waals surface area contributed by atoms with E-state index in [0.717, 1.165) is 0 Å². The number of carbonyl (C=O) groups is 2. The zero-order valence-corrected chi connectivity index (χ0v) is 9.00. The first kappa shape index (κ1) is 10.7. The molecule has 0 aromatic rings. The minimum Gasteiger partial charge on any atom is -0.272 e. The molecule has 0 saturated carbocycles. The molecular weight excluding hydrogens is 178 g/mol. The maximum atomic E-state index is 11.8. The number of nitrogens with zero attached hydrogens (tertiary/aromatic N) is 1. The second kappa shape index (κ2) is 3.78. The molecule has 2 amide bonds. The van der Waals surface area contributed by atoms with Gasteiger partial charge in [0.25, 0.3) is 11.8 Å². The summed E-state index contributed by atoms with van der Waals surface area (Å²) in [5, 5.41) is 0. The van der Waals surface area contributed by atoms with Crippen LogP contribution >= 0.6 is 0 Å².